The van der Waals surface area contributed by atoms with Gasteiger partial charge in [-0.2, -0.15) is 0 Å². The molecular weight excluding hydrogens is 198 g/mol. The molecule has 0 radical (unpaired) electrons. The number of rotatable bonds is 6. The second-order valence-corrected chi connectivity index (χ2v) is 3.44. The quantitative estimate of drug-likeness (QED) is 0.732. The van der Waals surface area contributed by atoms with Gasteiger partial charge in [0.1, 0.15) is 0 Å². The summed E-state index contributed by atoms with van der Waals surface area (Å²) in [4.78, 5) is 0. The topological polar surface area (TPSA) is 21.3 Å². The van der Waals surface area contributed by atoms with E-state index < -0.39 is 0 Å². The first-order valence-electron chi connectivity index (χ1n) is 4.71. The van der Waals surface area contributed by atoms with Gasteiger partial charge in [-0.1, -0.05) is 30.3 Å². The van der Waals surface area contributed by atoms with Crippen molar-refractivity contribution >= 4 is 11.6 Å². The Hall–Kier alpha value is -0.570. The molecule has 0 aromatic heterocycles. The Balaban J connectivity index is 2.58. The van der Waals surface area contributed by atoms with Gasteiger partial charge < -0.3 is 10.1 Å². The molecule has 1 aromatic rings. The highest BCUT2D eigenvalue weighted by Gasteiger charge is 2.08. The molecular formula is C11H16ClNO. The summed E-state index contributed by atoms with van der Waals surface area (Å²) in [6.07, 6.45) is 0. The average Bonchev–Trinajstić information content (AvgIpc) is 2.25. The van der Waals surface area contributed by atoms with Crippen LogP contribution in [0.1, 0.15) is 11.6 Å². The molecule has 0 bridgehead atoms. The Morgan fingerprint density at radius 1 is 1.36 bits per heavy atom. The second kappa shape index (κ2) is 6.82. The van der Waals surface area contributed by atoms with Gasteiger partial charge in [0.2, 0.25) is 0 Å². The van der Waals surface area contributed by atoms with Crippen molar-refractivity contribution in [2.24, 2.45) is 0 Å². The lowest BCUT2D eigenvalue weighted by atomic mass is 10.1. The molecule has 0 unspecified atom stereocenters. The molecule has 3 heteroatoms. The van der Waals surface area contributed by atoms with Gasteiger partial charge in [-0.15, -0.1) is 11.6 Å². The van der Waals surface area contributed by atoms with Gasteiger partial charge >= 0.3 is 0 Å². The number of alkyl halides is 1. The molecule has 0 amide bonds. The summed E-state index contributed by atoms with van der Waals surface area (Å²) in [5.74, 6) is 0.618. The van der Waals surface area contributed by atoms with E-state index in [1.165, 1.54) is 5.56 Å². The molecule has 0 heterocycles. The Morgan fingerprint density at radius 2 is 2.07 bits per heavy atom. The van der Waals surface area contributed by atoms with Crippen molar-refractivity contribution in [3.8, 4) is 0 Å². The normalized spacial score (nSPS) is 12.7. The fourth-order valence-electron chi connectivity index (χ4n) is 1.35. The van der Waals surface area contributed by atoms with Crippen LogP contribution in [0.25, 0.3) is 0 Å². The zero-order valence-electron chi connectivity index (χ0n) is 8.37. The van der Waals surface area contributed by atoms with E-state index in [2.05, 4.69) is 17.4 Å². The van der Waals surface area contributed by atoms with Crippen LogP contribution in [0, 0.1) is 0 Å². The smallest absolute Gasteiger partial charge is 0.0657 e. The summed E-state index contributed by atoms with van der Waals surface area (Å²) in [5.41, 5.74) is 1.24. The monoisotopic (exact) mass is 213 g/mol. The number of hydrogen-bond acceptors (Lipinski definition) is 2. The lowest BCUT2D eigenvalue weighted by Gasteiger charge is -2.17. The Kier molecular flexibility index (Phi) is 5.60. The summed E-state index contributed by atoms with van der Waals surface area (Å²) in [5, 5.41) is 3.33. The molecule has 1 aromatic carbocycles. The van der Waals surface area contributed by atoms with Crippen molar-refractivity contribution in [3.63, 3.8) is 0 Å². The maximum Gasteiger partial charge on any atom is 0.0657 e. The van der Waals surface area contributed by atoms with Crippen LogP contribution in [0.15, 0.2) is 30.3 Å². The molecule has 2 nitrogen and oxygen atoms in total. The predicted molar refractivity (Wildman–Crippen MR) is 59.8 cm³/mol. The van der Waals surface area contributed by atoms with Gasteiger partial charge in [0.05, 0.1) is 12.6 Å². The average molecular weight is 214 g/mol. The number of benzene rings is 1. The van der Waals surface area contributed by atoms with E-state index in [1.807, 2.05) is 18.2 Å². The van der Waals surface area contributed by atoms with E-state index in [1.54, 1.807) is 7.11 Å². The third kappa shape index (κ3) is 3.66. The second-order valence-electron chi connectivity index (χ2n) is 3.06. The molecule has 0 fully saturated rings. The fraction of sp³-hybridized carbons (Fsp3) is 0.455. The highest BCUT2D eigenvalue weighted by Crippen LogP contribution is 2.12. The first-order chi connectivity index (χ1) is 6.88. The van der Waals surface area contributed by atoms with Gasteiger partial charge in [-0.25, -0.2) is 0 Å². The molecule has 0 spiro atoms. The number of hydrogen-bond donors (Lipinski definition) is 1. The lowest BCUT2D eigenvalue weighted by Crippen LogP contribution is -2.26. The minimum absolute atomic E-state index is 0.236. The SMILES string of the molecule is COC[C@@H](NCCCl)c1ccccc1. The summed E-state index contributed by atoms with van der Waals surface area (Å²) in [6.45, 7) is 1.46. The molecule has 0 saturated carbocycles. The number of ether oxygens (including phenoxy) is 1. The largest absolute Gasteiger partial charge is 0.383 e. The summed E-state index contributed by atoms with van der Waals surface area (Å²) < 4.78 is 5.15. The van der Waals surface area contributed by atoms with Crippen molar-refractivity contribution in [1.82, 2.24) is 5.32 Å². The van der Waals surface area contributed by atoms with Crippen LogP contribution in [0.3, 0.4) is 0 Å². The highest BCUT2D eigenvalue weighted by atomic mass is 35.5. The fourth-order valence-corrected chi connectivity index (χ4v) is 1.46. The lowest BCUT2D eigenvalue weighted by molar-refractivity contribution is 0.168. The third-order valence-corrected chi connectivity index (χ3v) is 2.21. The van der Waals surface area contributed by atoms with Gasteiger partial charge in [-0.3, -0.25) is 0 Å². The van der Waals surface area contributed by atoms with Crippen LogP contribution in [0.4, 0.5) is 0 Å². The van der Waals surface area contributed by atoms with E-state index in [4.69, 9.17) is 16.3 Å². The van der Waals surface area contributed by atoms with Gasteiger partial charge in [0.25, 0.3) is 0 Å². The summed E-state index contributed by atoms with van der Waals surface area (Å²) >= 11 is 5.63. The minimum atomic E-state index is 0.236. The van der Waals surface area contributed by atoms with Crippen LogP contribution in [-0.2, 0) is 4.74 Å². The molecule has 1 atom stereocenters. The zero-order valence-corrected chi connectivity index (χ0v) is 9.13. The first-order valence-corrected chi connectivity index (χ1v) is 5.25. The summed E-state index contributed by atoms with van der Waals surface area (Å²) in [6, 6.07) is 10.5. The van der Waals surface area contributed by atoms with Crippen LogP contribution in [0.5, 0.6) is 0 Å². The van der Waals surface area contributed by atoms with Gasteiger partial charge in [0.15, 0.2) is 0 Å². The maximum atomic E-state index is 5.63. The Labute approximate surface area is 90.2 Å². The van der Waals surface area contributed by atoms with Gasteiger partial charge in [0, 0.05) is 19.5 Å². The van der Waals surface area contributed by atoms with Crippen LogP contribution in [-0.4, -0.2) is 26.1 Å². The van der Waals surface area contributed by atoms with Crippen LogP contribution in [0.2, 0.25) is 0 Å². The molecule has 1 rings (SSSR count). The molecule has 0 aliphatic rings. The van der Waals surface area contributed by atoms with E-state index in [0.29, 0.717) is 12.5 Å². The van der Waals surface area contributed by atoms with E-state index in [-0.39, 0.29) is 6.04 Å². The van der Waals surface area contributed by atoms with Crippen LogP contribution < -0.4 is 5.32 Å². The summed E-state index contributed by atoms with van der Waals surface area (Å²) in [7, 11) is 1.71. The predicted octanol–water partition coefficient (Wildman–Crippen LogP) is 2.20. The molecule has 0 aliphatic heterocycles. The van der Waals surface area contributed by atoms with Gasteiger partial charge in [-0.05, 0) is 5.56 Å². The Morgan fingerprint density at radius 3 is 2.64 bits per heavy atom. The standard InChI is InChI=1S/C11H16ClNO/c1-14-9-11(13-8-7-12)10-5-3-2-4-6-10/h2-6,11,13H,7-9H2,1H3/t11-/m1/s1. The van der Waals surface area contributed by atoms with E-state index >= 15 is 0 Å². The zero-order chi connectivity index (χ0) is 10.2. The molecule has 0 aliphatic carbocycles. The van der Waals surface area contributed by atoms with E-state index in [0.717, 1.165) is 6.54 Å². The molecule has 14 heavy (non-hydrogen) atoms. The molecule has 1 N–H and O–H groups in total. The number of methoxy groups -OCH3 is 1. The highest BCUT2D eigenvalue weighted by molar-refractivity contribution is 6.18. The van der Waals surface area contributed by atoms with Crippen LogP contribution >= 0.6 is 11.6 Å². The van der Waals surface area contributed by atoms with Crippen molar-refractivity contribution in [3.05, 3.63) is 35.9 Å². The van der Waals surface area contributed by atoms with E-state index in [9.17, 15) is 0 Å². The number of halogens is 1. The molecule has 0 saturated heterocycles. The van der Waals surface area contributed by atoms with Crippen molar-refractivity contribution in [2.75, 3.05) is 26.1 Å². The maximum absolute atomic E-state index is 5.63. The van der Waals surface area contributed by atoms with Crippen molar-refractivity contribution < 1.29 is 4.74 Å². The van der Waals surface area contributed by atoms with Crippen molar-refractivity contribution in [1.29, 1.82) is 0 Å². The Bertz CT molecular complexity index is 240. The minimum Gasteiger partial charge on any atom is -0.383 e. The third-order valence-electron chi connectivity index (χ3n) is 2.02. The molecule has 78 valence electrons. The number of nitrogens with one attached hydrogen (secondary N) is 1. The van der Waals surface area contributed by atoms with Crippen molar-refractivity contribution in [2.45, 2.75) is 6.04 Å². The first kappa shape index (κ1) is 11.5.